The van der Waals surface area contributed by atoms with E-state index < -0.39 is 0 Å². The van der Waals surface area contributed by atoms with E-state index in [1.165, 1.54) is 0 Å². The molecule has 25 heavy (non-hydrogen) atoms. The molecular weight excluding hydrogens is 316 g/mol. The van der Waals surface area contributed by atoms with Crippen molar-refractivity contribution in [1.29, 1.82) is 0 Å². The number of benzene rings is 2. The van der Waals surface area contributed by atoms with Crippen molar-refractivity contribution in [2.75, 3.05) is 20.3 Å². The predicted molar refractivity (Wildman–Crippen MR) is 99.6 cm³/mol. The summed E-state index contributed by atoms with van der Waals surface area (Å²) in [7, 11) is 1.57. The summed E-state index contributed by atoms with van der Waals surface area (Å²) in [4.78, 5) is 12.0. The smallest absolute Gasteiger partial charge is 0.258 e. The molecule has 5 heteroatoms. The van der Waals surface area contributed by atoms with Gasteiger partial charge in [0.2, 0.25) is 0 Å². The Morgan fingerprint density at radius 1 is 1.20 bits per heavy atom. The Kier molecular flexibility index (Phi) is 7.04. The molecule has 2 aromatic rings. The van der Waals surface area contributed by atoms with Gasteiger partial charge in [-0.05, 0) is 30.2 Å². The van der Waals surface area contributed by atoms with E-state index in [0.717, 1.165) is 11.1 Å². The topological polar surface area (TPSA) is 73.6 Å². The van der Waals surface area contributed by atoms with Crippen LogP contribution in [0.5, 0.6) is 11.5 Å². The van der Waals surface area contributed by atoms with Crippen LogP contribution in [0, 0.1) is 0 Å². The number of allylic oxidation sites excluding steroid dienone is 1. The fourth-order valence-electron chi connectivity index (χ4n) is 2.34. The van der Waals surface area contributed by atoms with Gasteiger partial charge in [0.1, 0.15) is 0 Å². The third kappa shape index (κ3) is 5.65. The van der Waals surface area contributed by atoms with Crippen LogP contribution in [0.1, 0.15) is 24.1 Å². The second kappa shape index (κ2) is 9.49. The van der Waals surface area contributed by atoms with Gasteiger partial charge < -0.3 is 20.5 Å². The number of amides is 1. The minimum absolute atomic E-state index is 0.0964. The highest BCUT2D eigenvalue weighted by molar-refractivity contribution is 5.77. The number of ether oxygens (including phenoxy) is 2. The molecule has 0 aliphatic rings. The Hall–Kier alpha value is -2.79. The Balaban J connectivity index is 1.85. The first-order chi connectivity index (χ1) is 12.1. The molecular formula is C20H24N2O3. The molecule has 2 aromatic carbocycles. The summed E-state index contributed by atoms with van der Waals surface area (Å²) in [6.07, 6.45) is 3.91. The zero-order chi connectivity index (χ0) is 18.1. The third-order valence-corrected chi connectivity index (χ3v) is 3.65. The first-order valence-corrected chi connectivity index (χ1v) is 8.14. The molecule has 132 valence electrons. The number of nitrogens with one attached hydrogen (secondary N) is 1. The molecule has 5 nitrogen and oxygen atoms in total. The molecule has 1 amide bonds. The minimum atomic E-state index is -0.250. The van der Waals surface area contributed by atoms with Crippen molar-refractivity contribution in [2.45, 2.75) is 13.0 Å². The van der Waals surface area contributed by atoms with E-state index in [0.29, 0.717) is 18.0 Å². The SMILES string of the molecule is C/C=C/c1ccc(OCC(=O)NCC(N)c2ccccc2)c(OC)c1. The van der Waals surface area contributed by atoms with Crippen LogP contribution in [0.4, 0.5) is 0 Å². The van der Waals surface area contributed by atoms with Gasteiger partial charge >= 0.3 is 0 Å². The van der Waals surface area contributed by atoms with Crippen molar-refractivity contribution in [2.24, 2.45) is 5.73 Å². The largest absolute Gasteiger partial charge is 0.493 e. The van der Waals surface area contributed by atoms with E-state index in [1.807, 2.05) is 61.5 Å². The Labute approximate surface area is 148 Å². The van der Waals surface area contributed by atoms with Crippen LogP contribution in [0.3, 0.4) is 0 Å². The highest BCUT2D eigenvalue weighted by Gasteiger charge is 2.10. The lowest BCUT2D eigenvalue weighted by Gasteiger charge is -2.14. The molecule has 1 unspecified atom stereocenters. The third-order valence-electron chi connectivity index (χ3n) is 3.65. The standard InChI is InChI=1S/C20H24N2O3/c1-3-7-15-10-11-18(19(12-15)24-2)25-14-20(23)22-13-17(21)16-8-5-4-6-9-16/h3-12,17H,13-14,21H2,1-2H3,(H,22,23)/b7-3+. The molecule has 0 heterocycles. The number of methoxy groups -OCH3 is 1. The quantitative estimate of drug-likeness (QED) is 0.775. The van der Waals surface area contributed by atoms with E-state index in [1.54, 1.807) is 13.2 Å². The van der Waals surface area contributed by atoms with Crippen LogP contribution in [-0.2, 0) is 4.79 Å². The van der Waals surface area contributed by atoms with Crippen LogP contribution in [0.2, 0.25) is 0 Å². The first-order valence-electron chi connectivity index (χ1n) is 8.14. The van der Waals surface area contributed by atoms with Crippen LogP contribution >= 0.6 is 0 Å². The maximum Gasteiger partial charge on any atom is 0.258 e. The lowest BCUT2D eigenvalue weighted by Crippen LogP contribution is -2.35. The number of nitrogens with two attached hydrogens (primary N) is 1. The van der Waals surface area contributed by atoms with E-state index in [2.05, 4.69) is 5.32 Å². The number of carbonyl (C=O) groups is 1. The van der Waals surface area contributed by atoms with Gasteiger partial charge in [-0.1, -0.05) is 48.6 Å². The van der Waals surface area contributed by atoms with Gasteiger partial charge in [0.15, 0.2) is 18.1 Å². The molecule has 0 bridgehead atoms. The van der Waals surface area contributed by atoms with E-state index >= 15 is 0 Å². The zero-order valence-electron chi connectivity index (χ0n) is 14.6. The van der Waals surface area contributed by atoms with Gasteiger partial charge in [0.25, 0.3) is 5.91 Å². The van der Waals surface area contributed by atoms with E-state index in [4.69, 9.17) is 15.2 Å². The fraction of sp³-hybridized carbons (Fsp3) is 0.250. The summed E-state index contributed by atoms with van der Waals surface area (Å²) in [5.41, 5.74) is 8.04. The molecule has 1 atom stereocenters. The number of rotatable bonds is 8. The summed E-state index contributed by atoms with van der Waals surface area (Å²) in [5, 5.41) is 2.78. The molecule has 0 spiro atoms. The monoisotopic (exact) mass is 340 g/mol. The summed E-state index contributed by atoms with van der Waals surface area (Å²) in [6, 6.07) is 14.9. The Morgan fingerprint density at radius 2 is 1.96 bits per heavy atom. The molecule has 0 radical (unpaired) electrons. The van der Waals surface area contributed by atoms with Crippen molar-refractivity contribution < 1.29 is 14.3 Å². The van der Waals surface area contributed by atoms with Crippen molar-refractivity contribution in [3.63, 3.8) is 0 Å². The zero-order valence-corrected chi connectivity index (χ0v) is 14.6. The maximum absolute atomic E-state index is 12.0. The van der Waals surface area contributed by atoms with Crippen LogP contribution in [-0.4, -0.2) is 26.2 Å². The molecule has 0 aromatic heterocycles. The van der Waals surface area contributed by atoms with Gasteiger partial charge in [-0.3, -0.25) is 4.79 Å². The predicted octanol–water partition coefficient (Wildman–Crippen LogP) is 2.92. The van der Waals surface area contributed by atoms with Gasteiger partial charge in [-0.2, -0.15) is 0 Å². The summed E-state index contributed by atoms with van der Waals surface area (Å²) in [6.45, 7) is 2.20. The van der Waals surface area contributed by atoms with Crippen molar-refractivity contribution in [1.82, 2.24) is 5.32 Å². The molecule has 0 fully saturated rings. The van der Waals surface area contributed by atoms with Crippen LogP contribution in [0.15, 0.2) is 54.6 Å². The van der Waals surface area contributed by atoms with E-state index in [-0.39, 0.29) is 18.6 Å². The Bertz CT molecular complexity index is 714. The second-order valence-electron chi connectivity index (χ2n) is 5.52. The minimum Gasteiger partial charge on any atom is -0.493 e. The molecule has 0 aliphatic carbocycles. The average molecular weight is 340 g/mol. The van der Waals surface area contributed by atoms with Gasteiger partial charge in [-0.15, -0.1) is 0 Å². The van der Waals surface area contributed by atoms with Gasteiger partial charge in [0.05, 0.1) is 7.11 Å². The molecule has 2 rings (SSSR count). The van der Waals surface area contributed by atoms with Crippen LogP contribution < -0.4 is 20.5 Å². The van der Waals surface area contributed by atoms with Gasteiger partial charge in [-0.25, -0.2) is 0 Å². The van der Waals surface area contributed by atoms with Crippen molar-refractivity contribution >= 4 is 12.0 Å². The first kappa shape index (κ1) is 18.5. The lowest BCUT2D eigenvalue weighted by molar-refractivity contribution is -0.123. The number of carbonyl (C=O) groups excluding carboxylic acids is 1. The molecule has 0 saturated heterocycles. The summed E-state index contributed by atoms with van der Waals surface area (Å²) >= 11 is 0. The lowest BCUT2D eigenvalue weighted by atomic mass is 10.1. The summed E-state index contributed by atoms with van der Waals surface area (Å²) < 4.78 is 10.9. The molecule has 0 saturated carbocycles. The normalized spacial score (nSPS) is 12.0. The highest BCUT2D eigenvalue weighted by atomic mass is 16.5. The highest BCUT2D eigenvalue weighted by Crippen LogP contribution is 2.28. The number of hydrogen-bond donors (Lipinski definition) is 2. The summed E-state index contributed by atoms with van der Waals surface area (Å²) in [5.74, 6) is 0.883. The number of hydrogen-bond acceptors (Lipinski definition) is 4. The van der Waals surface area contributed by atoms with E-state index in [9.17, 15) is 4.79 Å². The Morgan fingerprint density at radius 3 is 2.64 bits per heavy atom. The fourth-order valence-corrected chi connectivity index (χ4v) is 2.34. The van der Waals surface area contributed by atoms with Crippen molar-refractivity contribution in [3.05, 3.63) is 65.7 Å². The van der Waals surface area contributed by atoms with Crippen LogP contribution in [0.25, 0.3) is 6.08 Å². The van der Waals surface area contributed by atoms with Crippen molar-refractivity contribution in [3.8, 4) is 11.5 Å². The van der Waals surface area contributed by atoms with Gasteiger partial charge in [0, 0.05) is 12.6 Å². The molecule has 0 aliphatic heterocycles. The average Bonchev–Trinajstić information content (AvgIpc) is 2.65. The molecule has 3 N–H and O–H groups in total. The maximum atomic E-state index is 12.0. The second-order valence-corrected chi connectivity index (χ2v) is 5.52.